The Kier molecular flexibility index (Phi) is 3.44. The summed E-state index contributed by atoms with van der Waals surface area (Å²) in [5.74, 6) is 0. The van der Waals surface area contributed by atoms with Crippen molar-refractivity contribution < 1.29 is 0 Å². The van der Waals surface area contributed by atoms with E-state index in [1.807, 2.05) is 29.9 Å². The molecule has 0 N–H and O–H groups in total. The Labute approximate surface area is 155 Å². The van der Waals surface area contributed by atoms with E-state index in [1.165, 1.54) is 25.7 Å². The van der Waals surface area contributed by atoms with Crippen LogP contribution < -0.4 is 16.4 Å². The molecule has 0 spiro atoms. The quantitative estimate of drug-likeness (QED) is 0.539. The highest BCUT2D eigenvalue weighted by atomic mass is 32.1. The fourth-order valence-electron chi connectivity index (χ4n) is 3.80. The average molecular weight is 360 g/mol. The maximum atomic E-state index is 12.6. The molecule has 1 saturated carbocycles. The highest BCUT2D eigenvalue weighted by Gasteiger charge is 2.18. The lowest BCUT2D eigenvalue weighted by Crippen LogP contribution is -2.33. The summed E-state index contributed by atoms with van der Waals surface area (Å²) in [6.07, 6.45) is 4.39. The summed E-state index contributed by atoms with van der Waals surface area (Å²) >= 11 is 1.83. The van der Waals surface area contributed by atoms with E-state index < -0.39 is 0 Å². The van der Waals surface area contributed by atoms with Gasteiger partial charge in [-0.2, -0.15) is 0 Å². The third-order valence-electron chi connectivity index (χ3n) is 5.25. The molecule has 3 nitrogen and oxygen atoms in total. The van der Waals surface area contributed by atoms with E-state index in [1.54, 1.807) is 4.57 Å². The Morgan fingerprint density at radius 2 is 1.85 bits per heavy atom. The predicted octanol–water partition coefficient (Wildman–Crippen LogP) is 3.35. The molecule has 0 unspecified atom stereocenters. The molecule has 0 bridgehead atoms. The molecule has 5 rings (SSSR count). The van der Waals surface area contributed by atoms with Gasteiger partial charge in [0.25, 0.3) is 0 Å². The minimum Gasteiger partial charge on any atom is -0.295 e. The second-order valence-corrected chi connectivity index (χ2v) is 8.01. The minimum absolute atomic E-state index is 0.0789. The number of hydrogen-bond donors (Lipinski definition) is 0. The summed E-state index contributed by atoms with van der Waals surface area (Å²) in [4.78, 5) is 12.6. The Balaban J connectivity index is 1.82. The maximum Gasteiger partial charge on any atom is 0.328 e. The van der Waals surface area contributed by atoms with Gasteiger partial charge in [-0.15, -0.1) is 11.3 Å². The van der Waals surface area contributed by atoms with Gasteiger partial charge in [-0.25, -0.2) is 4.79 Å². The summed E-state index contributed by atoms with van der Waals surface area (Å²) in [6.45, 7) is 2.76. The first-order valence-electron chi connectivity index (χ1n) is 9.08. The number of fused-ring (bicyclic) bond motifs is 3. The van der Waals surface area contributed by atoms with Gasteiger partial charge in [-0.3, -0.25) is 9.13 Å². The summed E-state index contributed by atoms with van der Waals surface area (Å²) in [7, 11) is 1.88. The zero-order valence-electron chi connectivity index (χ0n) is 15.0. The molecular weight excluding hydrogens is 340 g/mol. The van der Waals surface area contributed by atoms with Crippen molar-refractivity contribution >= 4 is 43.2 Å². The lowest BCUT2D eigenvalue weighted by molar-refractivity contribution is 0.680. The number of hydrogen-bond acceptors (Lipinski definition) is 2. The number of nitrogens with zero attached hydrogens (tertiary/aromatic N) is 2. The van der Waals surface area contributed by atoms with Gasteiger partial charge in [0.2, 0.25) is 0 Å². The fourth-order valence-corrected chi connectivity index (χ4v) is 4.88. The van der Waals surface area contributed by atoms with E-state index in [-0.39, 0.29) is 5.69 Å². The highest BCUT2D eigenvalue weighted by Crippen LogP contribution is 2.34. The third kappa shape index (κ3) is 2.29. The largest absolute Gasteiger partial charge is 0.328 e. The zero-order valence-corrected chi connectivity index (χ0v) is 15.8. The van der Waals surface area contributed by atoms with Gasteiger partial charge in [-0.1, -0.05) is 24.3 Å². The molecule has 0 aliphatic heterocycles. The van der Waals surface area contributed by atoms with Gasteiger partial charge < -0.3 is 0 Å². The van der Waals surface area contributed by atoms with E-state index in [4.69, 9.17) is 0 Å². The molecule has 2 aromatic carbocycles. The summed E-state index contributed by atoms with van der Waals surface area (Å²) in [6, 6.07) is 15.2. The van der Waals surface area contributed by atoms with Crippen molar-refractivity contribution in [1.82, 2.24) is 9.13 Å². The van der Waals surface area contributed by atoms with Crippen LogP contribution in [0, 0.1) is 0 Å². The van der Waals surface area contributed by atoms with Crippen molar-refractivity contribution in [1.29, 1.82) is 0 Å². The lowest BCUT2D eigenvalue weighted by Gasteiger charge is -1.97. The number of imidazole rings is 1. The van der Waals surface area contributed by atoms with Crippen molar-refractivity contribution in [2.75, 3.05) is 0 Å². The SMILES string of the molecule is CCn1c(=C2CC2)/c(=C\c2ccc3sc4ccccc4c3c2)n(C)c1=O. The topological polar surface area (TPSA) is 26.9 Å². The van der Waals surface area contributed by atoms with Crippen LogP contribution in [0.4, 0.5) is 0 Å². The molecule has 2 heterocycles. The van der Waals surface area contributed by atoms with E-state index in [0.29, 0.717) is 6.54 Å². The predicted molar refractivity (Wildman–Crippen MR) is 110 cm³/mol. The molecule has 4 aromatic rings. The fraction of sp³-hybridized carbons (Fsp3) is 0.227. The molecule has 1 fully saturated rings. The molecule has 1 aliphatic rings. The molecule has 0 radical (unpaired) electrons. The van der Waals surface area contributed by atoms with Crippen LogP contribution in [0.5, 0.6) is 0 Å². The van der Waals surface area contributed by atoms with E-state index in [9.17, 15) is 4.79 Å². The number of rotatable bonds is 2. The van der Waals surface area contributed by atoms with Crippen LogP contribution in [0.3, 0.4) is 0 Å². The second-order valence-electron chi connectivity index (χ2n) is 6.92. The Morgan fingerprint density at radius 3 is 2.62 bits per heavy atom. The number of aromatic nitrogens is 2. The van der Waals surface area contributed by atoms with E-state index >= 15 is 0 Å². The van der Waals surface area contributed by atoms with Crippen molar-refractivity contribution in [3.8, 4) is 0 Å². The molecule has 2 aromatic heterocycles. The Hall–Kier alpha value is -2.59. The highest BCUT2D eigenvalue weighted by molar-refractivity contribution is 7.25. The Bertz CT molecular complexity index is 1340. The van der Waals surface area contributed by atoms with Crippen LogP contribution in [0.2, 0.25) is 0 Å². The van der Waals surface area contributed by atoms with Crippen LogP contribution in [0.1, 0.15) is 25.3 Å². The third-order valence-corrected chi connectivity index (χ3v) is 6.40. The van der Waals surface area contributed by atoms with Gasteiger partial charge in [0.05, 0.1) is 10.7 Å². The molecule has 1 aliphatic carbocycles. The van der Waals surface area contributed by atoms with Gasteiger partial charge >= 0.3 is 5.69 Å². The van der Waals surface area contributed by atoms with Gasteiger partial charge in [0.1, 0.15) is 0 Å². The van der Waals surface area contributed by atoms with Gasteiger partial charge in [0.15, 0.2) is 0 Å². The number of benzene rings is 2. The van der Waals surface area contributed by atoms with Gasteiger partial charge in [-0.05, 0) is 55.2 Å². The first-order valence-corrected chi connectivity index (χ1v) is 9.89. The van der Waals surface area contributed by atoms with Crippen LogP contribution in [0.15, 0.2) is 47.3 Å². The Morgan fingerprint density at radius 1 is 1.08 bits per heavy atom. The lowest BCUT2D eigenvalue weighted by atomic mass is 10.1. The second kappa shape index (κ2) is 5.71. The molecular formula is C22H20N2OS. The first-order chi connectivity index (χ1) is 12.7. The van der Waals surface area contributed by atoms with Crippen LogP contribution in [-0.2, 0) is 13.6 Å². The van der Waals surface area contributed by atoms with Crippen LogP contribution in [0.25, 0.3) is 31.8 Å². The summed E-state index contributed by atoms with van der Waals surface area (Å²) < 4.78 is 6.32. The number of thiophene rings is 1. The van der Waals surface area contributed by atoms with E-state index in [2.05, 4.69) is 48.5 Å². The average Bonchev–Trinajstić information content (AvgIpc) is 3.39. The molecule has 26 heavy (non-hydrogen) atoms. The van der Waals surface area contributed by atoms with Crippen molar-refractivity contribution in [3.05, 3.63) is 69.2 Å². The van der Waals surface area contributed by atoms with Gasteiger partial charge in [0, 0.05) is 33.8 Å². The zero-order chi connectivity index (χ0) is 17.8. The van der Waals surface area contributed by atoms with E-state index in [0.717, 1.165) is 29.1 Å². The summed E-state index contributed by atoms with van der Waals surface area (Å²) in [5, 5.41) is 4.76. The molecule has 0 amide bonds. The smallest absolute Gasteiger partial charge is 0.295 e. The van der Waals surface area contributed by atoms with Crippen LogP contribution >= 0.6 is 11.3 Å². The monoisotopic (exact) mass is 360 g/mol. The molecule has 0 saturated heterocycles. The molecule has 130 valence electrons. The molecule has 4 heteroatoms. The first kappa shape index (κ1) is 15.6. The maximum absolute atomic E-state index is 12.6. The van der Waals surface area contributed by atoms with Crippen molar-refractivity contribution in [2.24, 2.45) is 7.05 Å². The van der Waals surface area contributed by atoms with Crippen molar-refractivity contribution in [3.63, 3.8) is 0 Å². The minimum atomic E-state index is 0.0789. The van der Waals surface area contributed by atoms with Crippen LogP contribution in [-0.4, -0.2) is 9.13 Å². The molecule has 0 atom stereocenters. The summed E-state index contributed by atoms with van der Waals surface area (Å²) in [5.41, 5.74) is 2.63. The standard InChI is InChI=1S/C22H20N2OS/c1-3-24-21(15-9-10-15)18(23(2)22(24)25)13-14-8-11-20-17(12-14)16-6-4-5-7-19(16)26-20/h4-8,11-13H,3,9-10H2,1-2H3/b18-13+. The van der Waals surface area contributed by atoms with Crippen molar-refractivity contribution in [2.45, 2.75) is 26.3 Å². The normalized spacial score (nSPS) is 14.7.